The van der Waals surface area contributed by atoms with Gasteiger partial charge in [-0.15, -0.1) is 11.6 Å². The van der Waals surface area contributed by atoms with Gasteiger partial charge in [-0.3, -0.25) is 5.50 Å². The first kappa shape index (κ1) is 16.1. The number of nitriles is 1. The van der Waals surface area contributed by atoms with Crippen LogP contribution < -0.4 is 5.50 Å². The molecule has 0 amide bonds. The standard InChI is InChI=1S/C9H19ClN3O2P/c1-8(2)13(9(3,4)10)15-16(12)14-7-5-6-11/h8H,5,7,12H2,1-4H3. The average molecular weight is 268 g/mol. The zero-order chi connectivity index (χ0) is 12.8. The van der Waals surface area contributed by atoms with Crippen LogP contribution in [0.3, 0.4) is 0 Å². The van der Waals surface area contributed by atoms with Crippen molar-refractivity contribution in [2.75, 3.05) is 6.61 Å². The van der Waals surface area contributed by atoms with E-state index in [1.54, 1.807) is 5.06 Å². The van der Waals surface area contributed by atoms with E-state index in [2.05, 4.69) is 0 Å². The van der Waals surface area contributed by atoms with Crippen LogP contribution in [0.4, 0.5) is 0 Å². The Morgan fingerprint density at radius 3 is 2.50 bits per heavy atom. The van der Waals surface area contributed by atoms with Crippen LogP contribution in [0, 0.1) is 11.3 Å². The van der Waals surface area contributed by atoms with Crippen molar-refractivity contribution in [1.29, 1.82) is 5.26 Å². The van der Waals surface area contributed by atoms with Gasteiger partial charge in [-0.1, -0.05) is 0 Å². The van der Waals surface area contributed by atoms with E-state index in [0.29, 0.717) is 6.42 Å². The van der Waals surface area contributed by atoms with Crippen LogP contribution in [-0.4, -0.2) is 22.7 Å². The van der Waals surface area contributed by atoms with E-state index in [1.165, 1.54) is 0 Å². The van der Waals surface area contributed by atoms with Gasteiger partial charge in [0.15, 0.2) is 0 Å². The maximum Gasteiger partial charge on any atom is 0.271 e. The fourth-order valence-corrected chi connectivity index (χ4v) is 2.26. The molecule has 0 aliphatic carbocycles. The van der Waals surface area contributed by atoms with Crippen molar-refractivity contribution in [2.45, 2.75) is 45.2 Å². The zero-order valence-electron chi connectivity index (χ0n) is 10.1. The summed E-state index contributed by atoms with van der Waals surface area (Å²) in [6, 6.07) is 2.05. The van der Waals surface area contributed by atoms with E-state index in [4.69, 9.17) is 31.5 Å². The summed E-state index contributed by atoms with van der Waals surface area (Å²) in [7, 11) is -1.54. The van der Waals surface area contributed by atoms with Crippen LogP contribution in [0.5, 0.6) is 0 Å². The highest BCUT2D eigenvalue weighted by atomic mass is 35.5. The Hall–Kier alpha value is 0.0500. The molecule has 0 rings (SSSR count). The molecule has 1 atom stereocenters. The second-order valence-corrected chi connectivity index (χ2v) is 5.85. The SMILES string of the molecule is CC(C)N(OP(N)OCCC#N)C(C)(C)Cl. The summed E-state index contributed by atoms with van der Waals surface area (Å²) in [6.45, 7) is 7.79. The van der Waals surface area contributed by atoms with Gasteiger partial charge in [0.2, 0.25) is 0 Å². The molecule has 16 heavy (non-hydrogen) atoms. The van der Waals surface area contributed by atoms with Crippen LogP contribution in [0.15, 0.2) is 0 Å². The van der Waals surface area contributed by atoms with Gasteiger partial charge in [0.25, 0.3) is 8.53 Å². The summed E-state index contributed by atoms with van der Waals surface area (Å²) >= 11 is 6.15. The molecule has 0 aromatic heterocycles. The van der Waals surface area contributed by atoms with Gasteiger partial charge >= 0.3 is 0 Å². The zero-order valence-corrected chi connectivity index (χ0v) is 11.8. The minimum absolute atomic E-state index is 0.0839. The molecule has 0 saturated carbocycles. The number of nitrogens with zero attached hydrogens (tertiary/aromatic N) is 2. The van der Waals surface area contributed by atoms with E-state index in [1.807, 2.05) is 33.8 Å². The van der Waals surface area contributed by atoms with Gasteiger partial charge in [0, 0.05) is 6.04 Å². The molecule has 0 fully saturated rings. The van der Waals surface area contributed by atoms with Crippen molar-refractivity contribution in [2.24, 2.45) is 5.50 Å². The molecule has 1 unspecified atom stereocenters. The molecule has 0 saturated heterocycles. The predicted molar refractivity (Wildman–Crippen MR) is 65.3 cm³/mol. The Morgan fingerprint density at radius 1 is 1.56 bits per heavy atom. The molecular formula is C9H19ClN3O2P. The molecular weight excluding hydrogens is 249 g/mol. The molecule has 0 radical (unpaired) electrons. The highest BCUT2D eigenvalue weighted by molar-refractivity contribution is 7.44. The fraction of sp³-hybridized carbons (Fsp3) is 0.889. The van der Waals surface area contributed by atoms with Gasteiger partial charge < -0.3 is 4.52 Å². The first-order valence-corrected chi connectivity index (χ1v) is 6.62. The van der Waals surface area contributed by atoms with Gasteiger partial charge in [-0.25, -0.2) is 4.62 Å². The Balaban J connectivity index is 4.16. The summed E-state index contributed by atoms with van der Waals surface area (Å²) in [5.41, 5.74) is 5.66. The molecule has 0 aromatic carbocycles. The van der Waals surface area contributed by atoms with Crippen molar-refractivity contribution in [3.05, 3.63) is 0 Å². The smallest absolute Gasteiger partial charge is 0.271 e. The molecule has 0 aliphatic heterocycles. The number of hydrogen-bond acceptors (Lipinski definition) is 5. The lowest BCUT2D eigenvalue weighted by Gasteiger charge is -2.36. The lowest BCUT2D eigenvalue weighted by atomic mass is 10.3. The first-order valence-electron chi connectivity index (χ1n) is 5.00. The van der Waals surface area contributed by atoms with Crippen LogP contribution >= 0.6 is 20.1 Å². The number of hydroxylamine groups is 2. The fourth-order valence-electron chi connectivity index (χ4n) is 1.10. The van der Waals surface area contributed by atoms with Crippen molar-refractivity contribution in [1.82, 2.24) is 5.06 Å². The molecule has 0 aromatic rings. The summed E-state index contributed by atoms with van der Waals surface area (Å²) in [6.07, 6.45) is 0.297. The third-order valence-electron chi connectivity index (χ3n) is 1.59. The maximum absolute atomic E-state index is 8.34. The van der Waals surface area contributed by atoms with Crippen molar-refractivity contribution < 1.29 is 9.15 Å². The number of hydrogen-bond donors (Lipinski definition) is 1. The number of rotatable bonds is 7. The van der Waals surface area contributed by atoms with Crippen LogP contribution in [0.25, 0.3) is 0 Å². The van der Waals surface area contributed by atoms with E-state index in [0.717, 1.165) is 0 Å². The maximum atomic E-state index is 8.34. The van der Waals surface area contributed by atoms with Crippen molar-refractivity contribution in [3.8, 4) is 6.07 Å². The number of halogens is 1. The minimum atomic E-state index is -1.54. The number of alkyl halides is 1. The normalized spacial score (nSPS) is 14.2. The van der Waals surface area contributed by atoms with Crippen LogP contribution in [0.1, 0.15) is 34.1 Å². The van der Waals surface area contributed by atoms with Crippen molar-refractivity contribution in [3.63, 3.8) is 0 Å². The third-order valence-corrected chi connectivity index (χ3v) is 2.53. The molecule has 0 bridgehead atoms. The van der Waals surface area contributed by atoms with Gasteiger partial charge in [-0.05, 0) is 27.7 Å². The summed E-state index contributed by atoms with van der Waals surface area (Å²) in [5.74, 6) is 0. The van der Waals surface area contributed by atoms with Gasteiger partial charge in [0.1, 0.15) is 5.00 Å². The quantitative estimate of drug-likeness (QED) is 0.252. The summed E-state index contributed by atoms with van der Waals surface area (Å²) in [5, 5.41) is 9.93. The third kappa shape index (κ3) is 6.59. The largest absolute Gasteiger partial charge is 0.320 e. The molecule has 2 N–H and O–H groups in total. The topological polar surface area (TPSA) is 71.5 Å². The Kier molecular flexibility index (Phi) is 7.41. The van der Waals surface area contributed by atoms with Crippen molar-refractivity contribution >= 4 is 20.1 Å². The first-order chi connectivity index (χ1) is 7.29. The second-order valence-electron chi connectivity index (χ2n) is 3.94. The predicted octanol–water partition coefficient (Wildman–Crippen LogP) is 2.72. The van der Waals surface area contributed by atoms with Gasteiger partial charge in [-0.2, -0.15) is 10.3 Å². The highest BCUT2D eigenvalue weighted by Gasteiger charge is 2.30. The molecule has 5 nitrogen and oxygen atoms in total. The molecule has 0 heterocycles. The van der Waals surface area contributed by atoms with E-state index in [-0.39, 0.29) is 12.6 Å². The monoisotopic (exact) mass is 267 g/mol. The van der Waals surface area contributed by atoms with E-state index >= 15 is 0 Å². The molecule has 94 valence electrons. The minimum Gasteiger partial charge on any atom is -0.320 e. The van der Waals surface area contributed by atoms with Gasteiger partial charge in [0.05, 0.1) is 19.1 Å². The van der Waals surface area contributed by atoms with E-state index in [9.17, 15) is 0 Å². The van der Waals surface area contributed by atoms with E-state index < -0.39 is 13.5 Å². The molecule has 7 heteroatoms. The Bertz CT molecular complexity index is 240. The second kappa shape index (κ2) is 7.39. The Labute approximate surface area is 103 Å². The van der Waals surface area contributed by atoms with Crippen LogP contribution in [0.2, 0.25) is 0 Å². The summed E-state index contributed by atoms with van der Waals surface area (Å²) < 4.78 is 10.6. The molecule has 0 spiro atoms. The Morgan fingerprint density at radius 2 is 2.12 bits per heavy atom. The van der Waals surface area contributed by atoms with Crippen LogP contribution in [-0.2, 0) is 9.15 Å². The lowest BCUT2D eigenvalue weighted by Crippen LogP contribution is -2.43. The number of nitrogens with two attached hydrogens (primary N) is 1. The summed E-state index contributed by atoms with van der Waals surface area (Å²) in [4.78, 5) is -0.660. The highest BCUT2D eigenvalue weighted by Crippen LogP contribution is 2.35. The average Bonchev–Trinajstić information content (AvgIpc) is 2.12. The lowest BCUT2D eigenvalue weighted by molar-refractivity contribution is -0.127. The molecule has 0 aliphatic rings.